The number of hydrogen-bond donors (Lipinski definition) is 1. The van der Waals surface area contributed by atoms with Crippen LogP contribution in [0.15, 0.2) is 47.4 Å². The van der Waals surface area contributed by atoms with Gasteiger partial charge in [0.1, 0.15) is 5.75 Å². The molecule has 2 aromatic carbocycles. The summed E-state index contributed by atoms with van der Waals surface area (Å²) in [6.07, 6.45) is 0. The van der Waals surface area contributed by atoms with E-state index in [-0.39, 0.29) is 11.4 Å². The van der Waals surface area contributed by atoms with Crippen LogP contribution in [0.2, 0.25) is 5.02 Å². The molecule has 0 heterocycles. The van der Waals surface area contributed by atoms with E-state index in [1.54, 1.807) is 43.3 Å². The number of likely N-dealkylation sites (N-methyl/N-ethyl adjacent to an activating group) is 1. The predicted octanol–water partition coefficient (Wildman–Crippen LogP) is 2.98. The molecule has 0 aliphatic heterocycles. The van der Waals surface area contributed by atoms with Crippen molar-refractivity contribution in [2.45, 2.75) is 25.3 Å². The molecular formula is C19H23ClN2O4S. The number of nitrogens with one attached hydrogen (secondary N) is 1. The van der Waals surface area contributed by atoms with Crippen LogP contribution in [-0.4, -0.2) is 38.8 Å². The highest BCUT2D eigenvalue weighted by molar-refractivity contribution is 7.89. The van der Waals surface area contributed by atoms with Gasteiger partial charge in [-0.2, -0.15) is 4.31 Å². The summed E-state index contributed by atoms with van der Waals surface area (Å²) in [6, 6.07) is 11.7. The van der Waals surface area contributed by atoms with E-state index in [1.165, 1.54) is 13.1 Å². The third-order valence-electron chi connectivity index (χ3n) is 3.92. The number of sulfonamides is 1. The minimum Gasteiger partial charge on any atom is -0.494 e. The van der Waals surface area contributed by atoms with Crippen molar-refractivity contribution < 1.29 is 17.9 Å². The lowest BCUT2D eigenvalue weighted by Crippen LogP contribution is -2.38. The van der Waals surface area contributed by atoms with Crippen molar-refractivity contribution in [1.82, 2.24) is 9.62 Å². The number of ether oxygens (including phenoxy) is 1. The molecule has 0 saturated heterocycles. The molecule has 146 valence electrons. The van der Waals surface area contributed by atoms with Crippen molar-refractivity contribution in [3.63, 3.8) is 0 Å². The summed E-state index contributed by atoms with van der Waals surface area (Å²) in [5.74, 6) is 0.249. The van der Waals surface area contributed by atoms with Crippen molar-refractivity contribution in [2.24, 2.45) is 0 Å². The molecule has 0 aliphatic carbocycles. The molecule has 0 saturated carbocycles. The Hall–Kier alpha value is -2.09. The highest BCUT2D eigenvalue weighted by Crippen LogP contribution is 2.23. The van der Waals surface area contributed by atoms with Gasteiger partial charge in [-0.05, 0) is 55.3 Å². The number of hydrogen-bond acceptors (Lipinski definition) is 4. The molecule has 0 aromatic heterocycles. The molecule has 2 rings (SSSR count). The van der Waals surface area contributed by atoms with Gasteiger partial charge >= 0.3 is 0 Å². The smallest absolute Gasteiger partial charge is 0.243 e. The van der Waals surface area contributed by atoms with Gasteiger partial charge in [0.2, 0.25) is 15.9 Å². The van der Waals surface area contributed by atoms with Gasteiger partial charge in [-0.1, -0.05) is 23.7 Å². The summed E-state index contributed by atoms with van der Waals surface area (Å²) in [7, 11) is -2.40. The SMILES string of the molecule is CCOc1ccc(S(=O)(=O)N(C)CC(=O)NCc2ccc(Cl)cc2)cc1C. The summed E-state index contributed by atoms with van der Waals surface area (Å²) in [5, 5.41) is 3.31. The first-order valence-electron chi connectivity index (χ1n) is 8.45. The Morgan fingerprint density at radius 3 is 2.44 bits per heavy atom. The van der Waals surface area contributed by atoms with E-state index in [4.69, 9.17) is 16.3 Å². The Balaban J connectivity index is 2.00. The summed E-state index contributed by atoms with van der Waals surface area (Å²) in [4.78, 5) is 12.2. The Labute approximate surface area is 165 Å². The number of nitrogens with zero attached hydrogens (tertiary/aromatic N) is 1. The van der Waals surface area contributed by atoms with Crippen LogP contribution < -0.4 is 10.1 Å². The Morgan fingerprint density at radius 1 is 1.19 bits per heavy atom. The molecule has 8 heteroatoms. The number of amides is 1. The van der Waals surface area contributed by atoms with Crippen LogP contribution >= 0.6 is 11.6 Å². The normalized spacial score (nSPS) is 11.4. The first-order valence-corrected chi connectivity index (χ1v) is 10.3. The van der Waals surface area contributed by atoms with E-state index in [0.717, 1.165) is 15.4 Å². The molecule has 0 fully saturated rings. The maximum Gasteiger partial charge on any atom is 0.243 e. The minimum atomic E-state index is -3.78. The number of benzene rings is 2. The number of carbonyl (C=O) groups excluding carboxylic acids is 1. The van der Waals surface area contributed by atoms with Crippen LogP contribution in [0, 0.1) is 6.92 Å². The highest BCUT2D eigenvalue weighted by Gasteiger charge is 2.23. The van der Waals surface area contributed by atoms with Crippen LogP contribution in [0.25, 0.3) is 0 Å². The average Bonchev–Trinajstić information content (AvgIpc) is 2.63. The zero-order chi connectivity index (χ0) is 20.0. The topological polar surface area (TPSA) is 75.7 Å². The van der Waals surface area contributed by atoms with Gasteiger partial charge in [-0.25, -0.2) is 8.42 Å². The average molecular weight is 411 g/mol. The van der Waals surface area contributed by atoms with E-state index in [1.807, 2.05) is 6.92 Å². The Morgan fingerprint density at radius 2 is 1.85 bits per heavy atom. The van der Waals surface area contributed by atoms with Gasteiger partial charge in [0.25, 0.3) is 0 Å². The van der Waals surface area contributed by atoms with Gasteiger partial charge in [-0.3, -0.25) is 4.79 Å². The Kier molecular flexibility index (Phi) is 7.24. The van der Waals surface area contributed by atoms with E-state index < -0.39 is 15.9 Å². The van der Waals surface area contributed by atoms with Crippen LogP contribution in [0.4, 0.5) is 0 Å². The second kappa shape index (κ2) is 9.21. The molecule has 1 amide bonds. The molecule has 27 heavy (non-hydrogen) atoms. The molecule has 0 radical (unpaired) electrons. The van der Waals surface area contributed by atoms with Crippen LogP contribution in [0.1, 0.15) is 18.1 Å². The first kappa shape index (κ1) is 21.2. The molecule has 1 N–H and O–H groups in total. The molecule has 0 aliphatic rings. The Bertz CT molecular complexity index is 898. The first-order chi connectivity index (χ1) is 12.7. The maximum atomic E-state index is 12.7. The van der Waals surface area contributed by atoms with Crippen LogP contribution in [0.5, 0.6) is 5.75 Å². The highest BCUT2D eigenvalue weighted by atomic mass is 35.5. The second-order valence-electron chi connectivity index (χ2n) is 6.02. The van der Waals surface area contributed by atoms with Crippen LogP contribution in [-0.2, 0) is 21.4 Å². The lowest BCUT2D eigenvalue weighted by atomic mass is 10.2. The van der Waals surface area contributed by atoms with E-state index in [9.17, 15) is 13.2 Å². The lowest BCUT2D eigenvalue weighted by molar-refractivity contribution is -0.121. The number of rotatable bonds is 8. The van der Waals surface area contributed by atoms with Gasteiger partial charge in [0.05, 0.1) is 18.0 Å². The van der Waals surface area contributed by atoms with Crippen molar-refractivity contribution in [3.8, 4) is 5.75 Å². The standard InChI is InChI=1S/C19H23ClN2O4S/c1-4-26-18-10-9-17(11-14(18)2)27(24,25)22(3)13-19(23)21-12-15-5-7-16(20)8-6-15/h5-11H,4,12-13H2,1-3H3,(H,21,23). The quantitative estimate of drug-likeness (QED) is 0.725. The van der Waals surface area contributed by atoms with Crippen molar-refractivity contribution in [1.29, 1.82) is 0 Å². The zero-order valence-electron chi connectivity index (χ0n) is 15.5. The minimum absolute atomic E-state index is 0.122. The maximum absolute atomic E-state index is 12.7. The van der Waals surface area contributed by atoms with Gasteiger partial charge in [-0.15, -0.1) is 0 Å². The molecule has 6 nitrogen and oxygen atoms in total. The molecule has 0 unspecified atom stereocenters. The number of halogens is 1. The van der Waals surface area contributed by atoms with Crippen molar-refractivity contribution in [3.05, 3.63) is 58.6 Å². The molecule has 0 spiro atoms. The summed E-state index contributed by atoms with van der Waals surface area (Å²) in [5.41, 5.74) is 1.60. The van der Waals surface area contributed by atoms with Crippen molar-refractivity contribution >= 4 is 27.5 Å². The fourth-order valence-corrected chi connectivity index (χ4v) is 3.76. The van der Waals surface area contributed by atoms with E-state index in [0.29, 0.717) is 23.9 Å². The fourth-order valence-electron chi connectivity index (χ4n) is 2.43. The third-order valence-corrected chi connectivity index (χ3v) is 5.97. The van der Waals surface area contributed by atoms with Crippen LogP contribution in [0.3, 0.4) is 0 Å². The largest absolute Gasteiger partial charge is 0.494 e. The van der Waals surface area contributed by atoms with Crippen molar-refractivity contribution in [2.75, 3.05) is 20.2 Å². The molecule has 2 aromatic rings. The number of carbonyl (C=O) groups is 1. The molecule has 0 bridgehead atoms. The predicted molar refractivity (Wildman–Crippen MR) is 105 cm³/mol. The molecule has 0 atom stereocenters. The second-order valence-corrected chi connectivity index (χ2v) is 8.51. The van der Waals surface area contributed by atoms with E-state index in [2.05, 4.69) is 5.32 Å². The number of aryl methyl sites for hydroxylation is 1. The lowest BCUT2D eigenvalue weighted by Gasteiger charge is -2.18. The van der Waals surface area contributed by atoms with Gasteiger partial charge < -0.3 is 10.1 Å². The fraction of sp³-hybridized carbons (Fsp3) is 0.316. The zero-order valence-corrected chi connectivity index (χ0v) is 17.1. The third kappa shape index (κ3) is 5.69. The van der Waals surface area contributed by atoms with E-state index >= 15 is 0 Å². The summed E-state index contributed by atoms with van der Waals surface area (Å²) >= 11 is 5.82. The van der Waals surface area contributed by atoms with Gasteiger partial charge in [0.15, 0.2) is 0 Å². The molecular weight excluding hydrogens is 388 g/mol. The summed E-state index contributed by atoms with van der Waals surface area (Å²) in [6.45, 7) is 4.16. The van der Waals surface area contributed by atoms with Gasteiger partial charge in [0, 0.05) is 18.6 Å². The summed E-state index contributed by atoms with van der Waals surface area (Å²) < 4.78 is 31.8. The monoisotopic (exact) mass is 410 g/mol.